The summed E-state index contributed by atoms with van der Waals surface area (Å²) < 4.78 is 5.21. The van der Waals surface area contributed by atoms with Crippen LogP contribution in [-0.2, 0) is 14.9 Å². The van der Waals surface area contributed by atoms with Crippen LogP contribution >= 0.6 is 0 Å². The molecule has 0 aliphatic rings. The molecule has 6 heteroatoms. The van der Waals surface area contributed by atoms with Crippen LogP contribution in [0.1, 0.15) is 45.2 Å². The first-order chi connectivity index (χ1) is 10.4. The summed E-state index contributed by atoms with van der Waals surface area (Å²) in [5.41, 5.74) is 6.73. The predicted octanol–water partition coefficient (Wildman–Crippen LogP) is 2.83. The van der Waals surface area contributed by atoms with Crippen molar-refractivity contribution in [1.82, 2.24) is 5.32 Å². The molecule has 0 aliphatic heterocycles. The Kier molecular flexibility index (Phi) is 5.64. The van der Waals surface area contributed by atoms with Gasteiger partial charge in [-0.1, -0.05) is 13.0 Å². The number of aryl methyl sites for hydroxylation is 1. The van der Waals surface area contributed by atoms with Gasteiger partial charge in [0.15, 0.2) is 0 Å². The van der Waals surface area contributed by atoms with Gasteiger partial charge in [0.1, 0.15) is 5.60 Å². The number of anilines is 1. The highest BCUT2D eigenvalue weighted by atomic mass is 16.6. The molecule has 1 rings (SSSR count). The van der Waals surface area contributed by atoms with E-state index in [2.05, 4.69) is 5.32 Å². The Balaban J connectivity index is 2.99. The average Bonchev–Trinajstić information content (AvgIpc) is 2.33. The zero-order valence-electron chi connectivity index (χ0n) is 14.4. The molecule has 0 saturated heterocycles. The number of ether oxygens (including phenoxy) is 1. The molecular weight excluding hydrogens is 296 g/mol. The summed E-state index contributed by atoms with van der Waals surface area (Å²) in [7, 11) is 0. The maximum Gasteiger partial charge on any atom is 0.407 e. The van der Waals surface area contributed by atoms with Crippen molar-refractivity contribution in [2.45, 2.75) is 52.1 Å². The Hall–Kier alpha value is -2.24. The number of carbonyl (C=O) groups is 2. The second-order valence-corrected chi connectivity index (χ2v) is 7.06. The van der Waals surface area contributed by atoms with E-state index in [0.29, 0.717) is 5.69 Å². The summed E-state index contributed by atoms with van der Waals surface area (Å²) in [5.74, 6) is -0.935. The van der Waals surface area contributed by atoms with E-state index >= 15 is 0 Å². The topological polar surface area (TPSA) is 102 Å². The van der Waals surface area contributed by atoms with Gasteiger partial charge in [-0.3, -0.25) is 4.79 Å². The highest BCUT2D eigenvalue weighted by Gasteiger charge is 2.32. The minimum atomic E-state index is -0.935. The molecule has 4 N–H and O–H groups in total. The van der Waals surface area contributed by atoms with Gasteiger partial charge >= 0.3 is 12.1 Å². The van der Waals surface area contributed by atoms with E-state index in [4.69, 9.17) is 10.5 Å². The first-order valence-corrected chi connectivity index (χ1v) is 7.48. The van der Waals surface area contributed by atoms with Gasteiger partial charge in [0.25, 0.3) is 0 Å². The monoisotopic (exact) mass is 322 g/mol. The van der Waals surface area contributed by atoms with E-state index < -0.39 is 23.1 Å². The fourth-order valence-electron chi connectivity index (χ4n) is 2.53. The van der Waals surface area contributed by atoms with Crippen LogP contribution in [-0.4, -0.2) is 29.3 Å². The van der Waals surface area contributed by atoms with Crippen LogP contribution in [0.5, 0.6) is 0 Å². The van der Waals surface area contributed by atoms with E-state index in [1.165, 1.54) is 0 Å². The molecule has 23 heavy (non-hydrogen) atoms. The Morgan fingerprint density at radius 1 is 1.26 bits per heavy atom. The largest absolute Gasteiger partial charge is 0.481 e. The van der Waals surface area contributed by atoms with Crippen molar-refractivity contribution in [2.75, 3.05) is 12.3 Å². The van der Waals surface area contributed by atoms with Crippen molar-refractivity contribution in [3.8, 4) is 0 Å². The lowest BCUT2D eigenvalue weighted by molar-refractivity contribution is -0.138. The maximum atomic E-state index is 11.9. The van der Waals surface area contributed by atoms with E-state index in [0.717, 1.165) is 11.1 Å². The first kappa shape index (κ1) is 18.8. The molecule has 0 aromatic heterocycles. The number of nitrogens with one attached hydrogen (secondary N) is 1. The third-order valence-electron chi connectivity index (χ3n) is 3.46. The summed E-state index contributed by atoms with van der Waals surface area (Å²) in [6, 6.07) is 5.34. The lowest BCUT2D eigenvalue weighted by Gasteiger charge is -2.31. The molecule has 0 aliphatic carbocycles. The minimum absolute atomic E-state index is 0.118. The smallest absolute Gasteiger partial charge is 0.407 e. The predicted molar refractivity (Wildman–Crippen MR) is 89.4 cm³/mol. The highest BCUT2D eigenvalue weighted by Crippen LogP contribution is 2.31. The zero-order chi connectivity index (χ0) is 17.8. The lowest BCUT2D eigenvalue weighted by atomic mass is 9.77. The Morgan fingerprint density at radius 3 is 2.35 bits per heavy atom. The molecule has 6 nitrogen and oxygen atoms in total. The Bertz CT molecular complexity index is 593. The molecule has 1 amide bonds. The number of rotatable bonds is 5. The van der Waals surface area contributed by atoms with E-state index in [9.17, 15) is 14.7 Å². The third-order valence-corrected chi connectivity index (χ3v) is 3.46. The number of nitrogen functional groups attached to an aromatic ring is 1. The lowest BCUT2D eigenvalue weighted by Crippen LogP contribution is -2.42. The van der Waals surface area contributed by atoms with E-state index in [-0.39, 0.29) is 13.0 Å². The number of hydrogen-bond acceptors (Lipinski definition) is 4. The summed E-state index contributed by atoms with van der Waals surface area (Å²) in [4.78, 5) is 23.1. The maximum absolute atomic E-state index is 11.9. The van der Waals surface area contributed by atoms with E-state index in [1.54, 1.807) is 39.8 Å². The molecule has 1 aromatic carbocycles. The molecular formula is C17H26N2O4. The first-order valence-electron chi connectivity index (χ1n) is 7.48. The normalized spacial score (nSPS) is 14.0. The SMILES string of the molecule is Cc1cc(N)ccc1C(C)(CNC(=O)OC(C)(C)C)CC(=O)O. The number of carboxylic acids is 1. The van der Waals surface area contributed by atoms with E-state index in [1.807, 2.05) is 13.0 Å². The molecule has 128 valence electrons. The molecule has 0 heterocycles. The molecule has 0 fully saturated rings. The summed E-state index contributed by atoms with van der Waals surface area (Å²) in [5, 5.41) is 11.9. The highest BCUT2D eigenvalue weighted by molar-refractivity contribution is 5.71. The fourth-order valence-corrected chi connectivity index (χ4v) is 2.53. The van der Waals surface area contributed by atoms with Gasteiger partial charge in [-0.2, -0.15) is 0 Å². The van der Waals surface area contributed by atoms with Crippen molar-refractivity contribution in [3.05, 3.63) is 29.3 Å². The number of nitrogens with two attached hydrogens (primary N) is 1. The van der Waals surface area contributed by atoms with Crippen LogP contribution in [0.3, 0.4) is 0 Å². The second-order valence-electron chi connectivity index (χ2n) is 7.06. The van der Waals surface area contributed by atoms with Crippen molar-refractivity contribution < 1.29 is 19.4 Å². The third kappa shape index (κ3) is 5.81. The van der Waals surface area contributed by atoms with Crippen LogP contribution in [0.2, 0.25) is 0 Å². The quantitative estimate of drug-likeness (QED) is 0.724. The number of hydrogen-bond donors (Lipinski definition) is 3. The number of benzene rings is 1. The van der Waals surface area contributed by atoms with Gasteiger partial charge in [0.05, 0.1) is 6.42 Å². The minimum Gasteiger partial charge on any atom is -0.481 e. The Labute approximate surface area is 137 Å². The molecule has 1 aromatic rings. The van der Waals surface area contributed by atoms with Gasteiger partial charge in [-0.15, -0.1) is 0 Å². The van der Waals surface area contributed by atoms with Gasteiger partial charge in [-0.25, -0.2) is 4.79 Å². The zero-order valence-corrected chi connectivity index (χ0v) is 14.4. The van der Waals surface area contributed by atoms with Crippen LogP contribution in [0.15, 0.2) is 18.2 Å². The molecule has 1 unspecified atom stereocenters. The average molecular weight is 322 g/mol. The van der Waals surface area contributed by atoms with Crippen LogP contribution in [0, 0.1) is 6.92 Å². The van der Waals surface area contributed by atoms with Crippen LogP contribution in [0.4, 0.5) is 10.5 Å². The number of alkyl carbamates (subject to hydrolysis) is 1. The molecule has 0 radical (unpaired) electrons. The molecule has 0 saturated carbocycles. The Morgan fingerprint density at radius 2 is 1.87 bits per heavy atom. The van der Waals surface area contributed by atoms with Crippen molar-refractivity contribution in [2.24, 2.45) is 0 Å². The summed E-state index contributed by atoms with van der Waals surface area (Å²) in [6.45, 7) is 9.14. The standard InChI is InChI=1S/C17H26N2O4/c1-11-8-12(18)6-7-13(11)17(5,9-14(20)21)10-19-15(22)23-16(2,3)4/h6-8H,9-10,18H2,1-5H3,(H,19,22)(H,20,21). The van der Waals surface area contributed by atoms with Crippen LogP contribution < -0.4 is 11.1 Å². The molecule has 0 spiro atoms. The van der Waals surface area contributed by atoms with Gasteiger partial charge in [0.2, 0.25) is 0 Å². The van der Waals surface area contributed by atoms with Crippen molar-refractivity contribution >= 4 is 17.7 Å². The van der Waals surface area contributed by atoms with Gasteiger partial charge in [-0.05, 0) is 51.0 Å². The number of amides is 1. The number of aliphatic carboxylic acids is 1. The fraction of sp³-hybridized carbons (Fsp3) is 0.529. The van der Waals surface area contributed by atoms with Gasteiger partial charge in [0, 0.05) is 17.6 Å². The van der Waals surface area contributed by atoms with Crippen molar-refractivity contribution in [3.63, 3.8) is 0 Å². The second kappa shape index (κ2) is 6.89. The number of carboxylic acid groups (broad SMARTS) is 1. The van der Waals surface area contributed by atoms with Crippen LogP contribution in [0.25, 0.3) is 0 Å². The molecule has 0 bridgehead atoms. The van der Waals surface area contributed by atoms with Crippen molar-refractivity contribution in [1.29, 1.82) is 0 Å². The summed E-state index contributed by atoms with van der Waals surface area (Å²) in [6.07, 6.45) is -0.685. The summed E-state index contributed by atoms with van der Waals surface area (Å²) >= 11 is 0. The van der Waals surface area contributed by atoms with Gasteiger partial charge < -0.3 is 20.9 Å². The molecule has 1 atom stereocenters. The number of carbonyl (C=O) groups excluding carboxylic acids is 1.